The number of rotatable bonds is 6. The first-order chi connectivity index (χ1) is 14.8. The lowest BCUT2D eigenvalue weighted by atomic mass is 10.1. The zero-order valence-electron chi connectivity index (χ0n) is 17.5. The number of aryl methyl sites for hydroxylation is 2. The predicted molar refractivity (Wildman–Crippen MR) is 114 cm³/mol. The van der Waals surface area contributed by atoms with Gasteiger partial charge in [-0.2, -0.15) is 0 Å². The van der Waals surface area contributed by atoms with Crippen LogP contribution in [-0.2, 0) is 19.2 Å². The van der Waals surface area contributed by atoms with Crippen molar-refractivity contribution in [3.05, 3.63) is 59.7 Å². The fraction of sp³-hybridized carbons (Fsp3) is 0.304. The van der Waals surface area contributed by atoms with Crippen LogP contribution < -0.4 is 20.3 Å². The summed E-state index contributed by atoms with van der Waals surface area (Å²) in [7, 11) is 0. The zero-order chi connectivity index (χ0) is 22.4. The first-order valence-electron chi connectivity index (χ1n) is 10.0. The van der Waals surface area contributed by atoms with Gasteiger partial charge in [0.05, 0.1) is 12.5 Å². The van der Waals surface area contributed by atoms with E-state index in [0.29, 0.717) is 11.4 Å². The number of imide groups is 1. The van der Waals surface area contributed by atoms with Crippen LogP contribution in [0.2, 0.25) is 0 Å². The van der Waals surface area contributed by atoms with Gasteiger partial charge < -0.3 is 15.0 Å². The molecule has 0 saturated carbocycles. The molecule has 8 nitrogen and oxygen atoms in total. The highest BCUT2D eigenvalue weighted by Crippen LogP contribution is 2.25. The molecule has 162 valence electrons. The highest BCUT2D eigenvalue weighted by Gasteiger charge is 2.36. The molecule has 2 aromatic carbocycles. The third kappa shape index (κ3) is 5.91. The summed E-state index contributed by atoms with van der Waals surface area (Å²) in [5.74, 6) is -2.87. The molecule has 3 rings (SSSR count). The van der Waals surface area contributed by atoms with E-state index in [2.05, 4.69) is 10.6 Å². The third-order valence-corrected chi connectivity index (χ3v) is 4.96. The van der Waals surface area contributed by atoms with Gasteiger partial charge in [-0.15, -0.1) is 0 Å². The second-order valence-electron chi connectivity index (χ2n) is 7.48. The topological polar surface area (TPSA) is 105 Å². The Morgan fingerprint density at radius 2 is 1.58 bits per heavy atom. The van der Waals surface area contributed by atoms with E-state index < -0.39 is 23.6 Å². The van der Waals surface area contributed by atoms with Crippen LogP contribution in [0.1, 0.15) is 17.5 Å². The van der Waals surface area contributed by atoms with Crippen LogP contribution in [0.5, 0.6) is 5.75 Å². The van der Waals surface area contributed by atoms with Crippen molar-refractivity contribution in [2.75, 3.05) is 24.6 Å². The average Bonchev–Trinajstić information content (AvgIpc) is 3.14. The second-order valence-corrected chi connectivity index (χ2v) is 7.48. The number of nitrogens with one attached hydrogen (secondary N) is 2. The molecule has 1 fully saturated rings. The van der Waals surface area contributed by atoms with Crippen LogP contribution >= 0.6 is 0 Å². The average molecular weight is 423 g/mol. The number of anilines is 1. The summed E-state index contributed by atoms with van der Waals surface area (Å²) < 4.78 is 5.47. The molecule has 2 aromatic rings. The SMILES string of the molecule is Cc1ccc(OCCNC(=O)C(=O)NC(=O)C2CC(=O)N(c3ccc(C)cc3)C2)cc1. The summed E-state index contributed by atoms with van der Waals surface area (Å²) in [5, 5.41) is 4.48. The molecule has 1 unspecified atom stereocenters. The summed E-state index contributed by atoms with van der Waals surface area (Å²) in [5.41, 5.74) is 2.86. The number of carbonyl (C=O) groups is 4. The van der Waals surface area contributed by atoms with E-state index in [1.54, 1.807) is 0 Å². The molecule has 0 aliphatic carbocycles. The smallest absolute Gasteiger partial charge is 0.315 e. The summed E-state index contributed by atoms with van der Waals surface area (Å²) in [6, 6.07) is 14.8. The molecule has 2 N–H and O–H groups in total. The van der Waals surface area contributed by atoms with Crippen molar-refractivity contribution in [1.82, 2.24) is 10.6 Å². The summed E-state index contributed by atoms with van der Waals surface area (Å²) in [6.45, 7) is 4.35. The van der Waals surface area contributed by atoms with E-state index >= 15 is 0 Å². The predicted octanol–water partition coefficient (Wildman–Crippen LogP) is 1.49. The first kappa shape index (κ1) is 22.0. The minimum absolute atomic E-state index is 0.0149. The Balaban J connectivity index is 1.42. The van der Waals surface area contributed by atoms with Gasteiger partial charge in [0, 0.05) is 18.7 Å². The molecular formula is C23H25N3O5. The van der Waals surface area contributed by atoms with Crippen molar-refractivity contribution in [1.29, 1.82) is 0 Å². The van der Waals surface area contributed by atoms with Gasteiger partial charge in [-0.05, 0) is 38.1 Å². The van der Waals surface area contributed by atoms with Crippen LogP contribution in [0.4, 0.5) is 5.69 Å². The minimum Gasteiger partial charge on any atom is -0.492 e. The number of carbonyl (C=O) groups excluding carboxylic acids is 4. The number of hydrogen-bond acceptors (Lipinski definition) is 5. The Morgan fingerprint density at radius 1 is 0.968 bits per heavy atom. The highest BCUT2D eigenvalue weighted by molar-refractivity contribution is 6.37. The van der Waals surface area contributed by atoms with Gasteiger partial charge >= 0.3 is 11.8 Å². The van der Waals surface area contributed by atoms with E-state index in [-0.39, 0.29) is 32.0 Å². The summed E-state index contributed by atoms with van der Waals surface area (Å²) in [6.07, 6.45) is -0.0149. The Morgan fingerprint density at radius 3 is 2.23 bits per heavy atom. The molecule has 1 atom stereocenters. The van der Waals surface area contributed by atoms with Gasteiger partial charge in [0.2, 0.25) is 11.8 Å². The van der Waals surface area contributed by atoms with Gasteiger partial charge in [0.25, 0.3) is 0 Å². The van der Waals surface area contributed by atoms with Crippen molar-refractivity contribution in [2.24, 2.45) is 5.92 Å². The maximum Gasteiger partial charge on any atom is 0.315 e. The summed E-state index contributed by atoms with van der Waals surface area (Å²) >= 11 is 0. The lowest BCUT2D eigenvalue weighted by Crippen LogP contribution is -2.46. The summed E-state index contributed by atoms with van der Waals surface area (Å²) in [4.78, 5) is 50.1. The van der Waals surface area contributed by atoms with Crippen molar-refractivity contribution in [3.8, 4) is 5.75 Å². The molecule has 8 heteroatoms. The standard InChI is InChI=1S/C23H25N3O5/c1-15-3-7-18(8-4-15)26-14-17(13-20(26)27)21(28)25-23(30)22(29)24-11-12-31-19-9-5-16(2)6-10-19/h3-10,17H,11-14H2,1-2H3,(H,24,29)(H,25,28,30). The number of amides is 4. The van der Waals surface area contributed by atoms with Gasteiger partial charge in [0.1, 0.15) is 12.4 Å². The number of nitrogens with zero attached hydrogens (tertiary/aromatic N) is 1. The molecule has 0 spiro atoms. The van der Waals surface area contributed by atoms with Gasteiger partial charge in [-0.25, -0.2) is 0 Å². The van der Waals surface area contributed by atoms with Crippen molar-refractivity contribution in [2.45, 2.75) is 20.3 Å². The van der Waals surface area contributed by atoms with E-state index in [4.69, 9.17) is 4.74 Å². The van der Waals surface area contributed by atoms with Crippen LogP contribution in [0.25, 0.3) is 0 Å². The van der Waals surface area contributed by atoms with Crippen LogP contribution in [0.15, 0.2) is 48.5 Å². The highest BCUT2D eigenvalue weighted by atomic mass is 16.5. The fourth-order valence-corrected chi connectivity index (χ4v) is 3.18. The normalized spacial score (nSPS) is 15.5. The Kier molecular flexibility index (Phi) is 7.02. The molecule has 31 heavy (non-hydrogen) atoms. The molecular weight excluding hydrogens is 398 g/mol. The van der Waals surface area contributed by atoms with E-state index in [1.165, 1.54) is 4.90 Å². The molecule has 1 aliphatic rings. The Bertz CT molecular complexity index is 970. The van der Waals surface area contributed by atoms with Gasteiger partial charge in [0.15, 0.2) is 0 Å². The van der Waals surface area contributed by atoms with Gasteiger partial charge in [-0.3, -0.25) is 24.5 Å². The maximum atomic E-state index is 12.4. The van der Waals surface area contributed by atoms with E-state index in [1.807, 2.05) is 62.4 Å². The fourth-order valence-electron chi connectivity index (χ4n) is 3.18. The van der Waals surface area contributed by atoms with Crippen molar-refractivity contribution in [3.63, 3.8) is 0 Å². The lowest BCUT2D eigenvalue weighted by Gasteiger charge is -2.16. The Hall–Kier alpha value is -3.68. The molecule has 1 heterocycles. The van der Waals surface area contributed by atoms with Crippen LogP contribution in [-0.4, -0.2) is 43.3 Å². The second kappa shape index (κ2) is 9.88. The molecule has 0 aromatic heterocycles. The molecule has 0 bridgehead atoms. The zero-order valence-corrected chi connectivity index (χ0v) is 17.5. The van der Waals surface area contributed by atoms with Gasteiger partial charge in [-0.1, -0.05) is 35.4 Å². The maximum absolute atomic E-state index is 12.4. The lowest BCUT2D eigenvalue weighted by molar-refractivity contribution is -0.143. The molecule has 1 saturated heterocycles. The largest absolute Gasteiger partial charge is 0.492 e. The van der Waals surface area contributed by atoms with Crippen molar-refractivity contribution >= 4 is 29.3 Å². The van der Waals surface area contributed by atoms with Crippen molar-refractivity contribution < 1.29 is 23.9 Å². The van der Waals surface area contributed by atoms with E-state index in [9.17, 15) is 19.2 Å². The third-order valence-electron chi connectivity index (χ3n) is 4.96. The molecule has 1 aliphatic heterocycles. The quantitative estimate of drug-likeness (QED) is 0.541. The molecule has 0 radical (unpaired) electrons. The monoisotopic (exact) mass is 423 g/mol. The molecule has 4 amide bonds. The van der Waals surface area contributed by atoms with Crippen LogP contribution in [0, 0.1) is 19.8 Å². The van der Waals surface area contributed by atoms with Crippen LogP contribution in [0.3, 0.4) is 0 Å². The minimum atomic E-state index is -1.05. The Labute approximate surface area is 180 Å². The first-order valence-corrected chi connectivity index (χ1v) is 10.0. The number of ether oxygens (including phenoxy) is 1. The number of benzene rings is 2. The number of hydrogen-bond donors (Lipinski definition) is 2. The van der Waals surface area contributed by atoms with E-state index in [0.717, 1.165) is 11.1 Å².